The van der Waals surface area contributed by atoms with E-state index in [1.807, 2.05) is 0 Å². The first-order chi connectivity index (χ1) is 3.97. The summed E-state index contributed by atoms with van der Waals surface area (Å²) in [6.07, 6.45) is 2.64. The average molecular weight is 111 g/mol. The molecule has 2 rings (SSSR count). The summed E-state index contributed by atoms with van der Waals surface area (Å²) in [5.74, 6) is 0.602. The third-order valence-electron chi connectivity index (χ3n) is 1.21. The van der Waals surface area contributed by atoms with E-state index >= 15 is 0 Å². The van der Waals surface area contributed by atoms with Gasteiger partial charge in [0, 0.05) is 6.42 Å². The van der Waals surface area contributed by atoms with E-state index in [0.29, 0.717) is 5.95 Å². The van der Waals surface area contributed by atoms with Gasteiger partial charge in [-0.3, -0.25) is 0 Å². The lowest BCUT2D eigenvalue weighted by Gasteiger charge is -1.84. The number of hydrogen-bond acceptors (Lipinski definition) is 3. The monoisotopic (exact) mass is 111 g/mol. The number of rotatable bonds is 0. The quantitative estimate of drug-likeness (QED) is 0.492. The van der Waals surface area contributed by atoms with Crippen LogP contribution < -0.4 is 4.74 Å². The Morgan fingerprint density at radius 1 is 1.62 bits per heavy atom. The van der Waals surface area contributed by atoms with E-state index < -0.39 is 0 Å². The fourth-order valence-electron chi connectivity index (χ4n) is 0.789. The molecule has 1 aliphatic rings. The summed E-state index contributed by atoms with van der Waals surface area (Å²) in [6, 6.07) is 0. The summed E-state index contributed by atoms with van der Waals surface area (Å²) < 4.78 is 9.71. The Hall–Kier alpha value is -0.990. The first-order valence-electron chi connectivity index (χ1n) is 2.53. The second kappa shape index (κ2) is 1.24. The lowest BCUT2D eigenvalue weighted by atomic mass is 10.3. The number of nitrogens with zero attached hydrogens (tertiary/aromatic N) is 1. The van der Waals surface area contributed by atoms with Crippen LogP contribution in [0, 0.1) is 0 Å². The van der Waals surface area contributed by atoms with Gasteiger partial charge in [-0.25, -0.2) is 0 Å². The van der Waals surface area contributed by atoms with Crippen molar-refractivity contribution >= 4 is 0 Å². The largest absolute Gasteiger partial charge is 0.463 e. The van der Waals surface area contributed by atoms with Crippen LogP contribution in [0.15, 0.2) is 10.7 Å². The molecule has 0 radical (unpaired) electrons. The van der Waals surface area contributed by atoms with Crippen molar-refractivity contribution in [3.05, 3.63) is 11.8 Å². The van der Waals surface area contributed by atoms with Crippen LogP contribution in [0.2, 0.25) is 0 Å². The van der Waals surface area contributed by atoms with Crippen molar-refractivity contribution in [2.75, 3.05) is 6.61 Å². The van der Waals surface area contributed by atoms with E-state index in [9.17, 15) is 0 Å². The number of aromatic nitrogens is 1. The Morgan fingerprint density at radius 2 is 2.62 bits per heavy atom. The van der Waals surface area contributed by atoms with E-state index in [4.69, 9.17) is 9.26 Å². The Kier molecular flexibility index (Phi) is 0.614. The number of ether oxygens (including phenoxy) is 1. The van der Waals surface area contributed by atoms with Crippen LogP contribution in [0.25, 0.3) is 0 Å². The molecule has 0 bridgehead atoms. The molecule has 0 aromatic carbocycles. The minimum Gasteiger partial charge on any atom is -0.463 e. The van der Waals surface area contributed by atoms with Gasteiger partial charge in [0.05, 0.1) is 18.4 Å². The van der Waals surface area contributed by atoms with Gasteiger partial charge in [0.15, 0.2) is 0 Å². The zero-order valence-electron chi connectivity index (χ0n) is 4.26. The minimum atomic E-state index is 0.602. The zero-order chi connectivity index (χ0) is 5.40. The highest BCUT2D eigenvalue weighted by Gasteiger charge is 2.15. The second-order valence-electron chi connectivity index (χ2n) is 1.74. The first kappa shape index (κ1) is 3.95. The van der Waals surface area contributed by atoms with E-state index in [1.165, 1.54) is 0 Å². The Balaban J connectivity index is 2.54. The van der Waals surface area contributed by atoms with Crippen LogP contribution in [-0.4, -0.2) is 11.8 Å². The Labute approximate surface area is 46.2 Å². The van der Waals surface area contributed by atoms with E-state index in [2.05, 4.69) is 5.16 Å². The molecular weight excluding hydrogens is 106 g/mol. The minimum absolute atomic E-state index is 0.602. The fraction of sp³-hybridized carbons (Fsp3) is 0.400. The summed E-state index contributed by atoms with van der Waals surface area (Å²) in [5.41, 5.74) is 1.09. The van der Waals surface area contributed by atoms with Crippen LogP contribution in [0.3, 0.4) is 0 Å². The van der Waals surface area contributed by atoms with Crippen molar-refractivity contribution < 1.29 is 9.26 Å². The summed E-state index contributed by atoms with van der Waals surface area (Å²) in [6.45, 7) is 0.747. The number of fused-ring (bicyclic) bond motifs is 1. The maximum absolute atomic E-state index is 5.01. The van der Waals surface area contributed by atoms with Gasteiger partial charge in [-0.2, -0.15) is 0 Å². The molecule has 0 unspecified atom stereocenters. The summed E-state index contributed by atoms with van der Waals surface area (Å²) in [5, 5.41) is 3.54. The predicted molar refractivity (Wildman–Crippen MR) is 25.7 cm³/mol. The van der Waals surface area contributed by atoms with Gasteiger partial charge < -0.3 is 9.26 Å². The maximum atomic E-state index is 5.01. The fourth-order valence-corrected chi connectivity index (χ4v) is 0.789. The Morgan fingerprint density at radius 3 is 3.50 bits per heavy atom. The van der Waals surface area contributed by atoms with Crippen LogP contribution in [0.4, 0.5) is 0 Å². The zero-order valence-corrected chi connectivity index (χ0v) is 4.26. The third kappa shape index (κ3) is 0.358. The molecule has 0 N–H and O–H groups in total. The van der Waals surface area contributed by atoms with Crippen molar-refractivity contribution in [3.63, 3.8) is 0 Å². The van der Waals surface area contributed by atoms with Crippen molar-refractivity contribution in [2.24, 2.45) is 0 Å². The van der Waals surface area contributed by atoms with Crippen molar-refractivity contribution in [1.82, 2.24) is 5.16 Å². The van der Waals surface area contributed by atoms with Gasteiger partial charge in [0.25, 0.3) is 0 Å². The van der Waals surface area contributed by atoms with E-state index in [-0.39, 0.29) is 0 Å². The van der Waals surface area contributed by atoms with Crippen molar-refractivity contribution in [2.45, 2.75) is 6.42 Å². The highest BCUT2D eigenvalue weighted by molar-refractivity contribution is 5.22. The smallest absolute Gasteiger partial charge is 0.314 e. The van der Waals surface area contributed by atoms with Crippen LogP contribution in [0.5, 0.6) is 5.95 Å². The molecule has 42 valence electrons. The van der Waals surface area contributed by atoms with E-state index in [0.717, 1.165) is 18.6 Å². The van der Waals surface area contributed by atoms with Gasteiger partial charge in [0.2, 0.25) is 0 Å². The van der Waals surface area contributed by atoms with Gasteiger partial charge in [-0.1, -0.05) is 5.16 Å². The van der Waals surface area contributed by atoms with Crippen molar-refractivity contribution in [1.29, 1.82) is 0 Å². The van der Waals surface area contributed by atoms with E-state index in [1.54, 1.807) is 6.20 Å². The number of hydrogen-bond donors (Lipinski definition) is 0. The molecule has 0 saturated carbocycles. The Bertz CT molecular complexity index is 176. The third-order valence-corrected chi connectivity index (χ3v) is 1.21. The molecule has 1 aromatic rings. The highest BCUT2D eigenvalue weighted by atomic mass is 16.6. The van der Waals surface area contributed by atoms with Crippen LogP contribution >= 0.6 is 0 Å². The predicted octanol–water partition coefficient (Wildman–Crippen LogP) is 0.609. The van der Waals surface area contributed by atoms with Crippen LogP contribution in [0.1, 0.15) is 5.56 Å². The van der Waals surface area contributed by atoms with Crippen molar-refractivity contribution in [3.8, 4) is 5.95 Å². The molecule has 2 heterocycles. The van der Waals surface area contributed by atoms with Gasteiger partial charge >= 0.3 is 5.95 Å². The molecule has 3 nitrogen and oxygen atoms in total. The summed E-state index contributed by atoms with van der Waals surface area (Å²) >= 11 is 0. The first-order valence-corrected chi connectivity index (χ1v) is 2.53. The lowest BCUT2D eigenvalue weighted by molar-refractivity contribution is 0.238. The molecule has 0 atom stereocenters. The molecule has 0 amide bonds. The highest BCUT2D eigenvalue weighted by Crippen LogP contribution is 2.22. The van der Waals surface area contributed by atoms with Crippen LogP contribution in [-0.2, 0) is 6.42 Å². The molecule has 1 aromatic heterocycles. The normalized spacial score (nSPS) is 15.5. The van der Waals surface area contributed by atoms with Gasteiger partial charge in [-0.15, -0.1) is 0 Å². The van der Waals surface area contributed by atoms with Gasteiger partial charge in [0.1, 0.15) is 0 Å². The standard InChI is InChI=1S/C5H5NO2/c1-2-7-5-4(1)3-6-8-5/h3H,1-2H2. The second-order valence-corrected chi connectivity index (χ2v) is 1.74. The average Bonchev–Trinajstić information content (AvgIpc) is 2.15. The molecule has 0 fully saturated rings. The topological polar surface area (TPSA) is 35.3 Å². The molecule has 1 aliphatic heterocycles. The van der Waals surface area contributed by atoms with Gasteiger partial charge in [-0.05, 0) is 0 Å². The summed E-state index contributed by atoms with van der Waals surface area (Å²) in [4.78, 5) is 0. The summed E-state index contributed by atoms with van der Waals surface area (Å²) in [7, 11) is 0. The molecule has 0 saturated heterocycles. The SMILES string of the molecule is c1noc2c1CCO2. The molecular formula is C5H5NO2. The lowest BCUT2D eigenvalue weighted by Crippen LogP contribution is -1.87. The maximum Gasteiger partial charge on any atom is 0.314 e. The molecule has 3 heteroatoms. The molecule has 8 heavy (non-hydrogen) atoms. The molecule has 0 spiro atoms. The molecule has 0 aliphatic carbocycles.